The van der Waals surface area contributed by atoms with Gasteiger partial charge in [-0.2, -0.15) is 11.8 Å². The Kier molecular flexibility index (Phi) is 6.18. The van der Waals surface area contributed by atoms with E-state index < -0.39 is 0 Å². The largest absolute Gasteiger partial charge is 0.395 e. The highest BCUT2D eigenvalue weighted by atomic mass is 35.5. The van der Waals surface area contributed by atoms with E-state index in [-0.39, 0.29) is 17.9 Å². The fraction of sp³-hybridized carbons (Fsp3) is 0.667. The predicted octanol–water partition coefficient (Wildman–Crippen LogP) is 2.53. The summed E-state index contributed by atoms with van der Waals surface area (Å²) in [6, 6.07) is 0.111. The molecule has 0 amide bonds. The second-order valence-electron chi connectivity index (χ2n) is 4.15. The molecule has 0 aliphatic heterocycles. The quantitative estimate of drug-likeness (QED) is 0.788. The van der Waals surface area contributed by atoms with Crippen LogP contribution in [0.3, 0.4) is 0 Å². The summed E-state index contributed by atoms with van der Waals surface area (Å²) in [7, 11) is 0. The maximum Gasteiger partial charge on any atom is 0.137 e. The Bertz CT molecular complexity index is 399. The van der Waals surface area contributed by atoms with Gasteiger partial charge in [0.2, 0.25) is 0 Å². The van der Waals surface area contributed by atoms with Crippen LogP contribution in [-0.4, -0.2) is 39.2 Å². The molecule has 2 unspecified atom stereocenters. The highest BCUT2D eigenvalue weighted by molar-refractivity contribution is 7.99. The van der Waals surface area contributed by atoms with Crippen LogP contribution >= 0.6 is 23.4 Å². The summed E-state index contributed by atoms with van der Waals surface area (Å²) in [5.74, 6) is 1.48. The van der Waals surface area contributed by atoms with Gasteiger partial charge in [0.05, 0.1) is 6.61 Å². The van der Waals surface area contributed by atoms with Crippen molar-refractivity contribution >= 4 is 29.2 Å². The van der Waals surface area contributed by atoms with Crippen LogP contribution in [0.4, 0.5) is 5.82 Å². The van der Waals surface area contributed by atoms with Gasteiger partial charge in [-0.25, -0.2) is 9.97 Å². The third-order valence-electron chi connectivity index (χ3n) is 2.85. The number of nitrogens with zero attached hydrogens (tertiary/aromatic N) is 2. The molecule has 2 atom stereocenters. The lowest BCUT2D eigenvalue weighted by Gasteiger charge is -2.23. The number of anilines is 1. The maximum absolute atomic E-state index is 9.28. The summed E-state index contributed by atoms with van der Waals surface area (Å²) in [6.45, 7) is 6.04. The Balaban J connectivity index is 2.92. The van der Waals surface area contributed by atoms with Crippen LogP contribution in [0.2, 0.25) is 5.15 Å². The molecule has 0 aliphatic carbocycles. The first-order valence-corrected chi connectivity index (χ1v) is 7.63. The number of hydrogen-bond donors (Lipinski definition) is 2. The van der Waals surface area contributed by atoms with Crippen molar-refractivity contribution in [3.8, 4) is 0 Å². The predicted molar refractivity (Wildman–Crippen MR) is 78.6 cm³/mol. The van der Waals surface area contributed by atoms with Crippen LogP contribution in [0.5, 0.6) is 0 Å². The number of thioether (sulfide) groups is 1. The van der Waals surface area contributed by atoms with E-state index in [4.69, 9.17) is 11.6 Å². The summed E-state index contributed by atoms with van der Waals surface area (Å²) in [5, 5.41) is 13.2. The molecule has 4 nitrogen and oxygen atoms in total. The molecular formula is C12H20ClN3OS. The third-order valence-corrected chi connectivity index (χ3v) is 4.38. The molecule has 1 rings (SSSR count). The monoisotopic (exact) mass is 289 g/mol. The van der Waals surface area contributed by atoms with Crippen LogP contribution in [0, 0.1) is 6.92 Å². The minimum atomic E-state index is 0.111. The number of rotatable bonds is 6. The van der Waals surface area contributed by atoms with E-state index >= 15 is 0 Å². The second kappa shape index (κ2) is 7.16. The Morgan fingerprint density at radius 1 is 1.44 bits per heavy atom. The fourth-order valence-corrected chi connectivity index (χ4v) is 2.39. The van der Waals surface area contributed by atoms with Gasteiger partial charge in [0, 0.05) is 23.3 Å². The number of hydrogen-bond acceptors (Lipinski definition) is 5. The Labute approximate surface area is 118 Å². The van der Waals surface area contributed by atoms with E-state index in [0.29, 0.717) is 5.15 Å². The zero-order valence-corrected chi connectivity index (χ0v) is 12.8. The van der Waals surface area contributed by atoms with E-state index in [1.807, 2.05) is 27.0 Å². The van der Waals surface area contributed by atoms with Gasteiger partial charge >= 0.3 is 0 Å². The standard InChI is InChI=1S/C12H20ClN3OS/c1-5-10-15-11(13)7(2)12(16-10)14-8(3)9(6-17)18-4/h8-9,17H,5-6H2,1-4H3,(H,14,15,16). The summed E-state index contributed by atoms with van der Waals surface area (Å²) in [5.41, 5.74) is 0.846. The SMILES string of the molecule is CCc1nc(Cl)c(C)c(NC(C)C(CO)SC)n1. The van der Waals surface area contributed by atoms with Crippen molar-refractivity contribution in [2.45, 2.75) is 38.5 Å². The van der Waals surface area contributed by atoms with E-state index in [1.54, 1.807) is 11.8 Å². The molecule has 1 aromatic heterocycles. The first-order chi connectivity index (χ1) is 8.53. The first kappa shape index (κ1) is 15.5. The molecule has 0 aromatic carbocycles. The van der Waals surface area contributed by atoms with Gasteiger partial charge in [-0.1, -0.05) is 18.5 Å². The highest BCUT2D eigenvalue weighted by Crippen LogP contribution is 2.22. The summed E-state index contributed by atoms with van der Waals surface area (Å²) in [4.78, 5) is 8.65. The van der Waals surface area contributed by atoms with Crippen molar-refractivity contribution in [1.29, 1.82) is 0 Å². The maximum atomic E-state index is 9.28. The summed E-state index contributed by atoms with van der Waals surface area (Å²) in [6.07, 6.45) is 2.73. The van der Waals surface area contributed by atoms with Gasteiger partial charge in [0.1, 0.15) is 16.8 Å². The Hall–Kier alpha value is -0.520. The number of aliphatic hydroxyl groups is 1. The molecule has 0 aliphatic rings. The normalized spacial score (nSPS) is 14.3. The number of aryl methyl sites for hydroxylation is 1. The van der Waals surface area contributed by atoms with E-state index in [1.165, 1.54) is 0 Å². The summed E-state index contributed by atoms with van der Waals surface area (Å²) < 4.78 is 0. The van der Waals surface area contributed by atoms with Crippen molar-refractivity contribution in [1.82, 2.24) is 9.97 Å². The van der Waals surface area contributed by atoms with Crippen molar-refractivity contribution in [2.24, 2.45) is 0 Å². The second-order valence-corrected chi connectivity index (χ2v) is 5.58. The number of aliphatic hydroxyl groups excluding tert-OH is 1. The van der Waals surface area contributed by atoms with Crippen molar-refractivity contribution in [3.05, 3.63) is 16.5 Å². The van der Waals surface area contributed by atoms with Crippen molar-refractivity contribution in [2.75, 3.05) is 18.2 Å². The lowest BCUT2D eigenvalue weighted by molar-refractivity contribution is 0.288. The van der Waals surface area contributed by atoms with Gasteiger partial charge in [0.15, 0.2) is 0 Å². The summed E-state index contributed by atoms with van der Waals surface area (Å²) >= 11 is 7.71. The van der Waals surface area contributed by atoms with Crippen LogP contribution in [0.25, 0.3) is 0 Å². The zero-order chi connectivity index (χ0) is 13.7. The number of halogens is 1. The van der Waals surface area contributed by atoms with E-state index in [2.05, 4.69) is 15.3 Å². The molecule has 0 bridgehead atoms. The number of nitrogens with one attached hydrogen (secondary N) is 1. The highest BCUT2D eigenvalue weighted by Gasteiger charge is 2.17. The molecule has 0 radical (unpaired) electrons. The van der Waals surface area contributed by atoms with E-state index in [0.717, 1.165) is 23.6 Å². The average Bonchev–Trinajstić information content (AvgIpc) is 2.36. The van der Waals surface area contributed by atoms with Crippen LogP contribution in [0.15, 0.2) is 0 Å². The van der Waals surface area contributed by atoms with Gasteiger partial charge in [0.25, 0.3) is 0 Å². The molecule has 0 spiro atoms. The molecule has 1 heterocycles. The smallest absolute Gasteiger partial charge is 0.137 e. The Morgan fingerprint density at radius 2 is 2.11 bits per heavy atom. The number of aromatic nitrogens is 2. The molecule has 0 saturated carbocycles. The molecule has 0 saturated heterocycles. The fourth-order valence-electron chi connectivity index (χ4n) is 1.58. The van der Waals surface area contributed by atoms with Crippen LogP contribution < -0.4 is 5.32 Å². The van der Waals surface area contributed by atoms with Gasteiger partial charge in [-0.05, 0) is 20.1 Å². The molecular weight excluding hydrogens is 270 g/mol. The van der Waals surface area contributed by atoms with Crippen LogP contribution in [-0.2, 0) is 6.42 Å². The molecule has 102 valence electrons. The zero-order valence-electron chi connectivity index (χ0n) is 11.2. The van der Waals surface area contributed by atoms with E-state index in [9.17, 15) is 5.11 Å². The average molecular weight is 290 g/mol. The molecule has 6 heteroatoms. The third kappa shape index (κ3) is 3.73. The van der Waals surface area contributed by atoms with Crippen molar-refractivity contribution < 1.29 is 5.11 Å². The lowest BCUT2D eigenvalue weighted by Crippen LogP contribution is -2.31. The molecule has 18 heavy (non-hydrogen) atoms. The minimum absolute atomic E-state index is 0.111. The molecule has 1 aromatic rings. The van der Waals surface area contributed by atoms with Gasteiger partial charge < -0.3 is 10.4 Å². The molecule has 0 fully saturated rings. The van der Waals surface area contributed by atoms with Gasteiger partial charge in [-0.3, -0.25) is 0 Å². The van der Waals surface area contributed by atoms with Crippen molar-refractivity contribution in [3.63, 3.8) is 0 Å². The van der Waals surface area contributed by atoms with Crippen LogP contribution in [0.1, 0.15) is 25.2 Å². The minimum Gasteiger partial charge on any atom is -0.395 e. The lowest BCUT2D eigenvalue weighted by atomic mass is 10.2. The molecule has 2 N–H and O–H groups in total. The Morgan fingerprint density at radius 3 is 2.61 bits per heavy atom. The van der Waals surface area contributed by atoms with Gasteiger partial charge in [-0.15, -0.1) is 0 Å². The first-order valence-electron chi connectivity index (χ1n) is 5.96. The topological polar surface area (TPSA) is 58.0 Å².